The van der Waals surface area contributed by atoms with Crippen molar-refractivity contribution in [2.45, 2.75) is 29.3 Å². The standard InChI is InChI=1S/C29H26N2O6S2/c1-36-21-11-7-19(8-12-21)16-37-29(35)26-23(39-22-13-9-20(32)10-14-22)17-38-28-25(27(34)31(26)28)30-24(33)15-18-5-3-2-4-6-18/h2-14,25,28,32H,15-17H2,1H3,(H,30,33)/t25-,28-/m1/s1. The average molecular weight is 563 g/mol. The van der Waals surface area contributed by atoms with Crippen molar-refractivity contribution in [2.75, 3.05) is 12.9 Å². The molecule has 5 rings (SSSR count). The van der Waals surface area contributed by atoms with Crippen LogP contribution in [0.25, 0.3) is 0 Å². The fraction of sp³-hybridized carbons (Fsp3) is 0.207. The predicted octanol–water partition coefficient (Wildman–Crippen LogP) is 4.09. The molecule has 2 atom stereocenters. The summed E-state index contributed by atoms with van der Waals surface area (Å²) in [7, 11) is 1.58. The van der Waals surface area contributed by atoms with Crippen LogP contribution in [0.1, 0.15) is 11.1 Å². The molecule has 0 saturated carbocycles. The van der Waals surface area contributed by atoms with Crippen molar-refractivity contribution >= 4 is 41.3 Å². The summed E-state index contributed by atoms with van der Waals surface area (Å²) in [5.74, 6) is 0.0692. The number of fused-ring (bicyclic) bond motifs is 1. The molecule has 0 bridgehead atoms. The zero-order valence-corrected chi connectivity index (χ0v) is 22.7. The van der Waals surface area contributed by atoms with Crippen LogP contribution >= 0.6 is 23.5 Å². The Morgan fingerprint density at radius 1 is 1.03 bits per heavy atom. The molecule has 3 aromatic rings. The highest BCUT2D eigenvalue weighted by Gasteiger charge is 2.54. The van der Waals surface area contributed by atoms with Crippen LogP contribution in [0.3, 0.4) is 0 Å². The van der Waals surface area contributed by atoms with Gasteiger partial charge in [-0.2, -0.15) is 0 Å². The summed E-state index contributed by atoms with van der Waals surface area (Å²) in [4.78, 5) is 42.3. The summed E-state index contributed by atoms with van der Waals surface area (Å²) in [5.41, 5.74) is 1.81. The lowest BCUT2D eigenvalue weighted by molar-refractivity contribution is -0.153. The lowest BCUT2D eigenvalue weighted by Gasteiger charge is -2.49. The molecule has 8 nitrogen and oxygen atoms in total. The molecular weight excluding hydrogens is 536 g/mol. The maximum absolute atomic E-state index is 13.4. The summed E-state index contributed by atoms with van der Waals surface area (Å²) in [6, 6.07) is 22.4. The minimum Gasteiger partial charge on any atom is -0.508 e. The molecule has 3 aromatic carbocycles. The number of rotatable bonds is 9. The largest absolute Gasteiger partial charge is 0.508 e. The number of thioether (sulfide) groups is 2. The van der Waals surface area contributed by atoms with E-state index >= 15 is 0 Å². The van der Waals surface area contributed by atoms with Crippen LogP contribution in [0.5, 0.6) is 11.5 Å². The Balaban J connectivity index is 1.33. The van der Waals surface area contributed by atoms with Crippen molar-refractivity contribution < 1.29 is 29.0 Å². The number of benzene rings is 3. The number of carbonyl (C=O) groups is 3. The number of nitrogens with one attached hydrogen (secondary N) is 1. The highest BCUT2D eigenvalue weighted by molar-refractivity contribution is 8.06. The molecule has 2 aliphatic rings. The summed E-state index contributed by atoms with van der Waals surface area (Å²) in [6.45, 7) is 0.0283. The molecular formula is C29H26N2O6S2. The van der Waals surface area contributed by atoms with Gasteiger partial charge in [0.25, 0.3) is 5.91 Å². The number of ether oxygens (including phenoxy) is 2. The SMILES string of the molecule is COc1ccc(COC(=O)C2=C(Sc3ccc(O)cc3)CS[C@@H]3[C@H](NC(=O)Cc4ccccc4)C(=O)N23)cc1. The van der Waals surface area contributed by atoms with Crippen LogP contribution in [0.2, 0.25) is 0 Å². The van der Waals surface area contributed by atoms with Gasteiger partial charge < -0.3 is 19.9 Å². The van der Waals surface area contributed by atoms with E-state index in [2.05, 4.69) is 5.32 Å². The van der Waals surface area contributed by atoms with Gasteiger partial charge in [-0.05, 0) is 47.5 Å². The second kappa shape index (κ2) is 11.9. The molecule has 0 aromatic heterocycles. The van der Waals surface area contributed by atoms with E-state index in [4.69, 9.17) is 9.47 Å². The number of hydrogen-bond acceptors (Lipinski definition) is 8. The molecule has 1 saturated heterocycles. The molecule has 0 unspecified atom stereocenters. The van der Waals surface area contributed by atoms with Gasteiger partial charge in [-0.1, -0.05) is 54.2 Å². The fourth-order valence-electron chi connectivity index (χ4n) is 4.26. The van der Waals surface area contributed by atoms with Crippen molar-refractivity contribution in [3.63, 3.8) is 0 Å². The van der Waals surface area contributed by atoms with Crippen molar-refractivity contribution in [2.24, 2.45) is 0 Å². The molecule has 39 heavy (non-hydrogen) atoms. The number of aromatic hydroxyl groups is 1. The van der Waals surface area contributed by atoms with E-state index < -0.39 is 17.4 Å². The second-order valence-corrected chi connectivity index (χ2v) is 11.2. The van der Waals surface area contributed by atoms with Crippen LogP contribution in [0.4, 0.5) is 0 Å². The minimum absolute atomic E-state index is 0.0283. The van der Waals surface area contributed by atoms with Gasteiger partial charge in [0.15, 0.2) is 0 Å². The third-order valence-electron chi connectivity index (χ3n) is 6.26. The van der Waals surface area contributed by atoms with Crippen LogP contribution in [0, 0.1) is 0 Å². The molecule has 2 N–H and O–H groups in total. The number of methoxy groups -OCH3 is 1. The molecule has 0 radical (unpaired) electrons. The first kappa shape index (κ1) is 26.7. The molecule has 0 spiro atoms. The highest BCUT2D eigenvalue weighted by Crippen LogP contribution is 2.45. The van der Waals surface area contributed by atoms with Crippen LogP contribution in [-0.4, -0.2) is 52.1 Å². The van der Waals surface area contributed by atoms with Gasteiger partial charge in [-0.3, -0.25) is 14.5 Å². The van der Waals surface area contributed by atoms with E-state index in [-0.39, 0.29) is 36.3 Å². The van der Waals surface area contributed by atoms with E-state index in [1.54, 1.807) is 55.6 Å². The Hall–Kier alpha value is -3.89. The minimum atomic E-state index is -0.726. The first-order valence-electron chi connectivity index (χ1n) is 12.2. The Labute approximate surface area is 234 Å². The summed E-state index contributed by atoms with van der Waals surface area (Å²) < 4.78 is 10.8. The first-order valence-corrected chi connectivity index (χ1v) is 14.1. The molecule has 0 aliphatic carbocycles. The lowest BCUT2D eigenvalue weighted by Crippen LogP contribution is -2.70. The Bertz CT molecular complexity index is 1390. The molecule has 1 fully saturated rings. The van der Waals surface area contributed by atoms with E-state index in [1.807, 2.05) is 30.3 Å². The number of phenols is 1. The summed E-state index contributed by atoms with van der Waals surface area (Å²) >= 11 is 2.83. The van der Waals surface area contributed by atoms with Crippen molar-refractivity contribution in [3.05, 3.63) is 101 Å². The number of carbonyl (C=O) groups excluding carboxylic acids is 3. The first-order chi connectivity index (χ1) is 18.9. The number of amides is 2. The fourth-order valence-corrected chi connectivity index (χ4v) is 6.73. The van der Waals surface area contributed by atoms with Gasteiger partial charge in [-0.25, -0.2) is 4.79 Å². The van der Waals surface area contributed by atoms with Gasteiger partial charge >= 0.3 is 5.97 Å². The topological polar surface area (TPSA) is 105 Å². The monoisotopic (exact) mass is 562 g/mol. The number of esters is 1. The highest BCUT2D eigenvalue weighted by atomic mass is 32.2. The van der Waals surface area contributed by atoms with Crippen molar-refractivity contribution in [1.29, 1.82) is 0 Å². The summed E-state index contributed by atoms with van der Waals surface area (Å²) in [5, 5.41) is 12.1. The summed E-state index contributed by atoms with van der Waals surface area (Å²) in [6.07, 6.45) is 0.163. The lowest BCUT2D eigenvalue weighted by atomic mass is 10.0. The quantitative estimate of drug-likeness (QED) is 0.297. The van der Waals surface area contributed by atoms with E-state index in [9.17, 15) is 19.5 Å². The van der Waals surface area contributed by atoms with Crippen LogP contribution in [0.15, 0.2) is 94.4 Å². The molecule has 2 amide bonds. The van der Waals surface area contributed by atoms with E-state index in [1.165, 1.54) is 28.4 Å². The zero-order valence-electron chi connectivity index (χ0n) is 21.0. The molecule has 10 heteroatoms. The predicted molar refractivity (Wildman–Crippen MR) is 149 cm³/mol. The average Bonchev–Trinajstić information content (AvgIpc) is 2.96. The number of phenolic OH excluding ortho intramolecular Hbond substituents is 1. The zero-order chi connectivity index (χ0) is 27.4. The number of nitrogens with zero attached hydrogens (tertiary/aromatic N) is 1. The maximum atomic E-state index is 13.4. The van der Waals surface area contributed by atoms with Crippen LogP contribution < -0.4 is 10.1 Å². The number of β-lactam (4-membered cyclic amide) rings is 1. The van der Waals surface area contributed by atoms with E-state index in [0.29, 0.717) is 16.4 Å². The molecule has 2 heterocycles. The molecule has 200 valence electrons. The maximum Gasteiger partial charge on any atom is 0.356 e. The van der Waals surface area contributed by atoms with Crippen LogP contribution in [-0.2, 0) is 32.1 Å². The third-order valence-corrected chi connectivity index (χ3v) is 8.81. The van der Waals surface area contributed by atoms with Crippen molar-refractivity contribution in [1.82, 2.24) is 10.2 Å². The normalized spacial score (nSPS) is 18.2. The third kappa shape index (κ3) is 6.07. The van der Waals surface area contributed by atoms with Gasteiger partial charge in [0, 0.05) is 15.6 Å². The van der Waals surface area contributed by atoms with Gasteiger partial charge in [0.1, 0.15) is 35.2 Å². The Morgan fingerprint density at radius 2 is 1.74 bits per heavy atom. The Kier molecular flexibility index (Phi) is 8.13. The number of hydrogen-bond donors (Lipinski definition) is 2. The van der Waals surface area contributed by atoms with Gasteiger partial charge in [0.2, 0.25) is 5.91 Å². The second-order valence-electron chi connectivity index (χ2n) is 8.91. The van der Waals surface area contributed by atoms with Gasteiger partial charge in [-0.15, -0.1) is 11.8 Å². The van der Waals surface area contributed by atoms with Gasteiger partial charge in [0.05, 0.1) is 13.5 Å². The van der Waals surface area contributed by atoms with Crippen molar-refractivity contribution in [3.8, 4) is 11.5 Å². The smallest absolute Gasteiger partial charge is 0.356 e. The molecule has 2 aliphatic heterocycles. The van der Waals surface area contributed by atoms with E-state index in [0.717, 1.165) is 16.0 Å². The Morgan fingerprint density at radius 3 is 2.44 bits per heavy atom.